The zero-order chi connectivity index (χ0) is 12.1. The molecule has 0 aliphatic rings. The molecule has 8 heteroatoms. The standard InChI is InChI=1S/C8H7N3O4S/c12-8(13)10-7(16)9-5-3-1-2-4-6(5)11(14)15/h1-4H,(H,12,13)(H2,9,10,16). The maximum atomic E-state index is 10.6. The Morgan fingerprint density at radius 1 is 1.44 bits per heavy atom. The number of benzene rings is 1. The molecule has 0 heterocycles. The third-order valence-electron chi connectivity index (χ3n) is 1.57. The molecule has 0 aliphatic carbocycles. The number of para-hydroxylation sites is 2. The zero-order valence-corrected chi connectivity index (χ0v) is 8.65. The molecule has 1 amide bonds. The number of thiocarbonyl (C=S) groups is 1. The van der Waals surface area contributed by atoms with Crippen molar-refractivity contribution in [3.63, 3.8) is 0 Å². The summed E-state index contributed by atoms with van der Waals surface area (Å²) in [6.45, 7) is 0. The van der Waals surface area contributed by atoms with E-state index in [1.807, 2.05) is 5.32 Å². The number of hydrogen-bond donors (Lipinski definition) is 3. The van der Waals surface area contributed by atoms with E-state index in [4.69, 9.17) is 5.11 Å². The predicted octanol–water partition coefficient (Wildman–Crippen LogP) is 1.56. The average Bonchev–Trinajstić information content (AvgIpc) is 2.16. The smallest absolute Gasteiger partial charge is 0.410 e. The number of rotatable bonds is 2. The van der Waals surface area contributed by atoms with Crippen LogP contribution in [0.15, 0.2) is 24.3 Å². The summed E-state index contributed by atoms with van der Waals surface area (Å²) < 4.78 is 0. The lowest BCUT2D eigenvalue weighted by atomic mass is 10.3. The van der Waals surface area contributed by atoms with Gasteiger partial charge in [-0.25, -0.2) is 4.79 Å². The molecule has 0 spiro atoms. The Morgan fingerprint density at radius 2 is 2.06 bits per heavy atom. The van der Waals surface area contributed by atoms with Crippen molar-refractivity contribution in [3.05, 3.63) is 34.4 Å². The molecule has 7 nitrogen and oxygen atoms in total. The highest BCUT2D eigenvalue weighted by atomic mass is 32.1. The summed E-state index contributed by atoms with van der Waals surface area (Å²) >= 11 is 4.63. The van der Waals surface area contributed by atoms with Crippen LogP contribution in [-0.4, -0.2) is 21.2 Å². The van der Waals surface area contributed by atoms with E-state index < -0.39 is 11.0 Å². The van der Waals surface area contributed by atoms with E-state index in [2.05, 4.69) is 17.5 Å². The Hall–Kier alpha value is -2.22. The monoisotopic (exact) mass is 241 g/mol. The van der Waals surface area contributed by atoms with Gasteiger partial charge in [-0.15, -0.1) is 0 Å². The highest BCUT2D eigenvalue weighted by molar-refractivity contribution is 7.80. The van der Waals surface area contributed by atoms with Crippen LogP contribution < -0.4 is 10.6 Å². The number of nitro groups is 1. The fourth-order valence-electron chi connectivity index (χ4n) is 0.989. The second kappa shape index (κ2) is 5.03. The second-order valence-electron chi connectivity index (χ2n) is 2.66. The first kappa shape index (κ1) is 11.9. The van der Waals surface area contributed by atoms with Crippen LogP contribution in [0.3, 0.4) is 0 Å². The molecule has 0 saturated carbocycles. The Morgan fingerprint density at radius 3 is 2.62 bits per heavy atom. The molecule has 1 aromatic carbocycles. The van der Waals surface area contributed by atoms with Gasteiger partial charge in [0.2, 0.25) is 0 Å². The summed E-state index contributed by atoms with van der Waals surface area (Å²) in [5, 5.41) is 23.1. The molecule has 0 saturated heterocycles. The van der Waals surface area contributed by atoms with Crippen molar-refractivity contribution in [2.45, 2.75) is 0 Å². The van der Waals surface area contributed by atoms with E-state index in [1.54, 1.807) is 6.07 Å². The number of nitrogens with zero attached hydrogens (tertiary/aromatic N) is 1. The number of hydrogen-bond acceptors (Lipinski definition) is 4. The fraction of sp³-hybridized carbons (Fsp3) is 0. The Labute approximate surface area is 95.2 Å². The predicted molar refractivity (Wildman–Crippen MR) is 60.5 cm³/mol. The Balaban J connectivity index is 2.84. The minimum Gasteiger partial charge on any atom is -0.465 e. The van der Waals surface area contributed by atoms with E-state index >= 15 is 0 Å². The number of amides is 1. The lowest BCUT2D eigenvalue weighted by Gasteiger charge is -2.06. The molecular weight excluding hydrogens is 234 g/mol. The topological polar surface area (TPSA) is 104 Å². The highest BCUT2D eigenvalue weighted by Crippen LogP contribution is 2.22. The summed E-state index contributed by atoms with van der Waals surface area (Å²) in [7, 11) is 0. The van der Waals surface area contributed by atoms with Crippen molar-refractivity contribution >= 4 is 34.8 Å². The maximum Gasteiger partial charge on any atom is 0.410 e. The van der Waals surface area contributed by atoms with Gasteiger partial charge in [0.1, 0.15) is 5.69 Å². The number of carbonyl (C=O) groups is 1. The quantitative estimate of drug-likeness (QED) is 0.412. The summed E-state index contributed by atoms with van der Waals surface area (Å²) in [4.78, 5) is 20.3. The van der Waals surface area contributed by atoms with Crippen molar-refractivity contribution in [2.75, 3.05) is 5.32 Å². The van der Waals surface area contributed by atoms with E-state index in [1.165, 1.54) is 18.2 Å². The molecule has 0 radical (unpaired) electrons. The molecule has 0 fully saturated rings. The SMILES string of the molecule is O=C(O)NC(=S)Nc1ccccc1[N+](=O)[O-]. The molecule has 0 unspecified atom stereocenters. The van der Waals surface area contributed by atoms with Crippen LogP contribution in [0, 0.1) is 10.1 Å². The van der Waals surface area contributed by atoms with Crippen LogP contribution in [0.5, 0.6) is 0 Å². The van der Waals surface area contributed by atoms with E-state index in [-0.39, 0.29) is 16.5 Å². The van der Waals surface area contributed by atoms with Crippen LogP contribution in [0.1, 0.15) is 0 Å². The first-order valence-corrected chi connectivity index (χ1v) is 4.46. The molecule has 16 heavy (non-hydrogen) atoms. The van der Waals surface area contributed by atoms with Crippen LogP contribution in [-0.2, 0) is 0 Å². The van der Waals surface area contributed by atoms with Gasteiger partial charge in [0.15, 0.2) is 5.11 Å². The normalized spacial score (nSPS) is 9.25. The van der Waals surface area contributed by atoms with Crippen molar-refractivity contribution in [3.8, 4) is 0 Å². The average molecular weight is 241 g/mol. The van der Waals surface area contributed by atoms with Gasteiger partial charge >= 0.3 is 6.09 Å². The Kier molecular flexibility index (Phi) is 3.72. The van der Waals surface area contributed by atoms with Gasteiger partial charge in [0, 0.05) is 6.07 Å². The second-order valence-corrected chi connectivity index (χ2v) is 3.07. The molecule has 1 aromatic rings. The first-order chi connectivity index (χ1) is 7.50. The lowest BCUT2D eigenvalue weighted by molar-refractivity contribution is -0.383. The van der Waals surface area contributed by atoms with Gasteiger partial charge in [-0.05, 0) is 18.3 Å². The molecule has 0 aliphatic heterocycles. The number of carboxylic acid groups (broad SMARTS) is 1. The van der Waals surface area contributed by atoms with Gasteiger partial charge in [-0.2, -0.15) is 0 Å². The van der Waals surface area contributed by atoms with E-state index in [0.717, 1.165) is 0 Å². The van der Waals surface area contributed by atoms with Crippen molar-refractivity contribution < 1.29 is 14.8 Å². The number of nitro benzene ring substituents is 1. The van der Waals surface area contributed by atoms with Gasteiger partial charge in [-0.1, -0.05) is 12.1 Å². The summed E-state index contributed by atoms with van der Waals surface area (Å²) in [6.07, 6.45) is -1.34. The number of nitrogens with one attached hydrogen (secondary N) is 2. The molecule has 0 atom stereocenters. The van der Waals surface area contributed by atoms with Crippen LogP contribution >= 0.6 is 12.2 Å². The summed E-state index contributed by atoms with van der Waals surface area (Å²) in [5.41, 5.74) is -0.0525. The van der Waals surface area contributed by atoms with Gasteiger partial charge in [-0.3, -0.25) is 15.4 Å². The third kappa shape index (κ3) is 3.17. The van der Waals surface area contributed by atoms with E-state index in [0.29, 0.717) is 0 Å². The molecular formula is C8H7N3O4S. The fourth-order valence-corrected chi connectivity index (χ4v) is 1.19. The van der Waals surface area contributed by atoms with Crippen molar-refractivity contribution in [1.82, 2.24) is 5.32 Å². The van der Waals surface area contributed by atoms with Gasteiger partial charge < -0.3 is 10.4 Å². The third-order valence-corrected chi connectivity index (χ3v) is 1.77. The van der Waals surface area contributed by atoms with Crippen molar-refractivity contribution in [2.24, 2.45) is 0 Å². The molecule has 1 rings (SSSR count). The minimum atomic E-state index is -1.34. The van der Waals surface area contributed by atoms with Crippen LogP contribution in [0.4, 0.5) is 16.2 Å². The van der Waals surface area contributed by atoms with Crippen LogP contribution in [0.2, 0.25) is 0 Å². The van der Waals surface area contributed by atoms with Crippen LogP contribution in [0.25, 0.3) is 0 Å². The maximum absolute atomic E-state index is 10.6. The molecule has 0 bridgehead atoms. The Bertz CT molecular complexity index is 449. The van der Waals surface area contributed by atoms with E-state index in [9.17, 15) is 14.9 Å². The molecule has 3 N–H and O–H groups in total. The summed E-state index contributed by atoms with van der Waals surface area (Å²) in [5.74, 6) is 0. The largest absolute Gasteiger partial charge is 0.465 e. The van der Waals surface area contributed by atoms with Gasteiger partial charge in [0.25, 0.3) is 5.69 Å². The first-order valence-electron chi connectivity index (χ1n) is 4.05. The molecule has 0 aromatic heterocycles. The summed E-state index contributed by atoms with van der Waals surface area (Å²) in [6, 6.07) is 5.77. The van der Waals surface area contributed by atoms with Gasteiger partial charge in [0.05, 0.1) is 4.92 Å². The zero-order valence-electron chi connectivity index (χ0n) is 7.84. The minimum absolute atomic E-state index is 0.131. The lowest BCUT2D eigenvalue weighted by Crippen LogP contribution is -2.32. The van der Waals surface area contributed by atoms with Crippen molar-refractivity contribution in [1.29, 1.82) is 0 Å². The highest BCUT2D eigenvalue weighted by Gasteiger charge is 2.13. The number of anilines is 1. The molecule has 84 valence electrons.